The Morgan fingerprint density at radius 3 is 3.10 bits per heavy atom. The van der Waals surface area contributed by atoms with E-state index in [0.29, 0.717) is 6.42 Å². The molecule has 0 aromatic carbocycles. The van der Waals surface area contributed by atoms with E-state index in [2.05, 4.69) is 0 Å². The molecule has 0 amide bonds. The van der Waals surface area contributed by atoms with Gasteiger partial charge in [-0.05, 0) is 19.2 Å². The summed E-state index contributed by atoms with van der Waals surface area (Å²) in [4.78, 5) is 10.6. The second-order valence-electron chi connectivity index (χ2n) is 2.85. The number of hydrogen-bond donors (Lipinski definition) is 1. The molecule has 0 bridgehead atoms. The Morgan fingerprint density at radius 2 is 2.40 bits per heavy atom. The van der Waals surface area contributed by atoms with Crippen molar-refractivity contribution < 1.29 is 16.0 Å². The van der Waals surface area contributed by atoms with Gasteiger partial charge in [0.2, 0.25) is 0 Å². The standard InChI is InChI=1S/C7H10O3/c8-7(9)4-1-2-5-6(3-4)10-5/h4-6H,1-3H2,(H,8,9)/i3D. The lowest BCUT2D eigenvalue weighted by Gasteiger charge is -2.12. The first-order chi connectivity index (χ1) is 5.20. The monoisotopic (exact) mass is 143 g/mol. The van der Waals surface area contributed by atoms with E-state index in [-0.39, 0.29) is 12.2 Å². The van der Waals surface area contributed by atoms with Crippen molar-refractivity contribution in [1.29, 1.82) is 0 Å². The van der Waals surface area contributed by atoms with Crippen LogP contribution in [0.15, 0.2) is 0 Å². The molecule has 0 aromatic rings. The Kier molecular flexibility index (Phi) is 1.00. The molecule has 2 aliphatic rings. The third-order valence-corrected chi connectivity index (χ3v) is 2.12. The number of ether oxygens (including phenoxy) is 1. The maximum atomic E-state index is 10.6. The molecule has 1 aliphatic heterocycles. The van der Waals surface area contributed by atoms with E-state index >= 15 is 0 Å². The molecule has 3 nitrogen and oxygen atoms in total. The van der Waals surface area contributed by atoms with E-state index in [0.717, 1.165) is 6.42 Å². The number of carboxylic acid groups (broad SMARTS) is 1. The Bertz CT molecular complexity index is 194. The Hall–Kier alpha value is -0.570. The molecule has 1 saturated carbocycles. The lowest BCUT2D eigenvalue weighted by atomic mass is 9.90. The summed E-state index contributed by atoms with van der Waals surface area (Å²) >= 11 is 0. The van der Waals surface area contributed by atoms with Crippen molar-refractivity contribution in [3.63, 3.8) is 0 Å². The predicted molar refractivity (Wildman–Crippen MR) is 33.6 cm³/mol. The smallest absolute Gasteiger partial charge is 0.306 e. The van der Waals surface area contributed by atoms with Crippen LogP contribution in [0.25, 0.3) is 0 Å². The summed E-state index contributed by atoms with van der Waals surface area (Å²) < 4.78 is 12.6. The third kappa shape index (κ3) is 0.904. The van der Waals surface area contributed by atoms with Crippen LogP contribution in [0, 0.1) is 5.92 Å². The van der Waals surface area contributed by atoms with Gasteiger partial charge in [0, 0.05) is 1.37 Å². The summed E-state index contributed by atoms with van der Waals surface area (Å²) in [5.74, 6) is -1.35. The van der Waals surface area contributed by atoms with E-state index in [1.54, 1.807) is 0 Å². The maximum Gasteiger partial charge on any atom is 0.306 e. The number of rotatable bonds is 1. The van der Waals surface area contributed by atoms with Gasteiger partial charge in [-0.2, -0.15) is 0 Å². The molecule has 0 spiro atoms. The zero-order valence-corrected chi connectivity index (χ0v) is 5.49. The number of carboxylic acids is 1. The highest BCUT2D eigenvalue weighted by Crippen LogP contribution is 2.39. The zero-order valence-electron chi connectivity index (χ0n) is 6.49. The van der Waals surface area contributed by atoms with E-state index in [9.17, 15) is 4.79 Å². The van der Waals surface area contributed by atoms with Crippen molar-refractivity contribution in [2.24, 2.45) is 5.92 Å². The number of carbonyl (C=O) groups is 1. The average Bonchev–Trinajstić information content (AvgIpc) is 2.66. The van der Waals surface area contributed by atoms with Crippen molar-refractivity contribution in [3.05, 3.63) is 0 Å². The first-order valence-corrected chi connectivity index (χ1v) is 3.50. The van der Waals surface area contributed by atoms with E-state index in [1.165, 1.54) is 0 Å². The fourth-order valence-electron chi connectivity index (χ4n) is 1.43. The average molecular weight is 143 g/mol. The van der Waals surface area contributed by atoms with Gasteiger partial charge in [-0.25, -0.2) is 0 Å². The van der Waals surface area contributed by atoms with Crippen LogP contribution in [0.2, 0.25) is 0 Å². The van der Waals surface area contributed by atoms with E-state index in [1.807, 2.05) is 0 Å². The largest absolute Gasteiger partial charge is 0.481 e. The normalized spacial score (nSPS) is 53.0. The van der Waals surface area contributed by atoms with Crippen LogP contribution in [-0.4, -0.2) is 23.3 Å². The van der Waals surface area contributed by atoms with Gasteiger partial charge in [-0.1, -0.05) is 0 Å². The SMILES string of the molecule is [2H]C1C(C(=O)O)CCC2OC21. The Morgan fingerprint density at radius 1 is 1.60 bits per heavy atom. The fourth-order valence-corrected chi connectivity index (χ4v) is 1.43. The molecular weight excluding hydrogens is 132 g/mol. The molecule has 56 valence electrons. The molecule has 1 aliphatic carbocycles. The van der Waals surface area contributed by atoms with Gasteiger partial charge in [-0.15, -0.1) is 0 Å². The van der Waals surface area contributed by atoms with Crippen molar-refractivity contribution in [2.45, 2.75) is 31.4 Å². The van der Waals surface area contributed by atoms with Gasteiger partial charge in [0.1, 0.15) is 0 Å². The molecule has 10 heavy (non-hydrogen) atoms. The summed E-state index contributed by atoms with van der Waals surface area (Å²) in [6.07, 6.45) is 1.01. The van der Waals surface area contributed by atoms with Gasteiger partial charge in [-0.3, -0.25) is 4.79 Å². The van der Waals surface area contributed by atoms with Crippen molar-refractivity contribution in [3.8, 4) is 0 Å². The van der Waals surface area contributed by atoms with Crippen molar-refractivity contribution in [1.82, 2.24) is 0 Å². The third-order valence-electron chi connectivity index (χ3n) is 2.12. The molecule has 4 atom stereocenters. The summed E-state index contributed by atoms with van der Waals surface area (Å²) in [5, 5.41) is 8.67. The molecule has 2 fully saturated rings. The number of fused-ring (bicyclic) bond motifs is 1. The first kappa shape index (κ1) is 5.13. The Labute approximate surface area is 60.4 Å². The van der Waals surface area contributed by atoms with Crippen LogP contribution in [0.3, 0.4) is 0 Å². The second-order valence-corrected chi connectivity index (χ2v) is 2.85. The summed E-state index contributed by atoms with van der Waals surface area (Å²) in [6, 6.07) is 0. The minimum absolute atomic E-state index is 0.0788. The van der Waals surface area contributed by atoms with Crippen LogP contribution < -0.4 is 0 Å². The second kappa shape index (κ2) is 1.95. The molecule has 1 N–H and O–H groups in total. The summed E-state index contributed by atoms with van der Waals surface area (Å²) in [7, 11) is 0. The Balaban J connectivity index is 2.05. The number of aliphatic carboxylic acids is 1. The highest BCUT2D eigenvalue weighted by atomic mass is 16.6. The first-order valence-electron chi connectivity index (χ1n) is 4.08. The van der Waals surface area contributed by atoms with Gasteiger partial charge in [0.25, 0.3) is 0 Å². The van der Waals surface area contributed by atoms with Crippen LogP contribution in [0.4, 0.5) is 0 Å². The van der Waals surface area contributed by atoms with Crippen LogP contribution >= 0.6 is 0 Å². The minimum Gasteiger partial charge on any atom is -0.481 e. The molecule has 1 saturated heterocycles. The molecule has 3 heteroatoms. The topological polar surface area (TPSA) is 49.8 Å². The molecule has 4 unspecified atom stereocenters. The van der Waals surface area contributed by atoms with E-state index < -0.39 is 18.3 Å². The van der Waals surface area contributed by atoms with Crippen LogP contribution in [0.1, 0.15) is 20.6 Å². The summed E-state index contributed by atoms with van der Waals surface area (Å²) in [5.41, 5.74) is 0. The predicted octanol–water partition coefficient (Wildman–Crippen LogP) is 0.639. The summed E-state index contributed by atoms with van der Waals surface area (Å²) in [6.45, 7) is 0. The van der Waals surface area contributed by atoms with Crippen LogP contribution in [0.5, 0.6) is 0 Å². The van der Waals surface area contributed by atoms with Crippen molar-refractivity contribution >= 4 is 5.97 Å². The molecule has 0 radical (unpaired) electrons. The molecule has 0 aromatic heterocycles. The molecule has 1 heterocycles. The van der Waals surface area contributed by atoms with Gasteiger partial charge >= 0.3 is 5.97 Å². The van der Waals surface area contributed by atoms with Crippen molar-refractivity contribution in [2.75, 3.05) is 0 Å². The van der Waals surface area contributed by atoms with Gasteiger partial charge in [0.15, 0.2) is 0 Å². The lowest BCUT2D eigenvalue weighted by Crippen LogP contribution is -2.21. The minimum atomic E-state index is -0.848. The van der Waals surface area contributed by atoms with Crippen LogP contribution in [-0.2, 0) is 9.53 Å². The van der Waals surface area contributed by atoms with Gasteiger partial charge < -0.3 is 9.84 Å². The maximum absolute atomic E-state index is 10.6. The highest BCUT2D eigenvalue weighted by Gasteiger charge is 2.45. The molecule has 2 rings (SSSR count). The fraction of sp³-hybridized carbons (Fsp3) is 0.857. The quantitative estimate of drug-likeness (QED) is 0.548. The lowest BCUT2D eigenvalue weighted by molar-refractivity contribution is -0.142. The molecular formula is C7H10O3. The highest BCUT2D eigenvalue weighted by molar-refractivity contribution is 5.70. The number of hydrogen-bond acceptors (Lipinski definition) is 2. The number of epoxide rings is 1. The van der Waals surface area contributed by atoms with E-state index in [4.69, 9.17) is 11.2 Å². The zero-order chi connectivity index (χ0) is 8.01. The van der Waals surface area contributed by atoms with Gasteiger partial charge in [0.05, 0.1) is 18.1 Å².